The highest BCUT2D eigenvalue weighted by molar-refractivity contribution is 6.33. The molecular weight excluding hydrogens is 255 g/mol. The predicted molar refractivity (Wildman–Crippen MR) is 71.5 cm³/mol. The van der Waals surface area contributed by atoms with Gasteiger partial charge in [-0.05, 0) is 47.9 Å². The minimum atomic E-state index is -0.310. The molecule has 2 aromatic rings. The van der Waals surface area contributed by atoms with Crippen LogP contribution in [0.25, 0.3) is 0 Å². The summed E-state index contributed by atoms with van der Waals surface area (Å²) in [6.07, 6.45) is 3.50. The maximum Gasteiger partial charge on any atom is 0.0584 e. The average Bonchev–Trinajstić information content (AvgIpc) is 2.32. The van der Waals surface area contributed by atoms with E-state index in [9.17, 15) is 0 Å². The van der Waals surface area contributed by atoms with Crippen LogP contribution in [0, 0.1) is 6.92 Å². The molecule has 0 amide bonds. The molecule has 0 aliphatic carbocycles. The van der Waals surface area contributed by atoms with Gasteiger partial charge < -0.3 is 5.73 Å². The first-order valence-corrected chi connectivity index (χ1v) is 5.96. The molecule has 0 saturated heterocycles. The van der Waals surface area contributed by atoms with Crippen LogP contribution in [0.1, 0.15) is 22.7 Å². The molecule has 2 rings (SSSR count). The Hall–Kier alpha value is -1.09. The fourth-order valence-electron chi connectivity index (χ4n) is 1.72. The summed E-state index contributed by atoms with van der Waals surface area (Å²) < 4.78 is 0. The van der Waals surface area contributed by atoms with E-state index in [4.69, 9.17) is 28.9 Å². The molecule has 0 fully saturated rings. The summed E-state index contributed by atoms with van der Waals surface area (Å²) in [4.78, 5) is 4.09. The zero-order valence-electron chi connectivity index (χ0n) is 9.32. The topological polar surface area (TPSA) is 38.9 Å². The second kappa shape index (κ2) is 5.05. The number of halogens is 2. The lowest BCUT2D eigenvalue weighted by atomic mass is 9.98. The first kappa shape index (κ1) is 12.4. The van der Waals surface area contributed by atoms with E-state index in [2.05, 4.69) is 4.98 Å². The Balaban J connectivity index is 2.47. The highest BCUT2D eigenvalue weighted by Crippen LogP contribution is 2.29. The van der Waals surface area contributed by atoms with Crippen molar-refractivity contribution < 1.29 is 0 Å². The van der Waals surface area contributed by atoms with E-state index >= 15 is 0 Å². The Morgan fingerprint density at radius 1 is 1.18 bits per heavy atom. The van der Waals surface area contributed by atoms with E-state index in [1.54, 1.807) is 30.6 Å². The normalized spacial score (nSPS) is 12.5. The third-order valence-electron chi connectivity index (χ3n) is 2.71. The van der Waals surface area contributed by atoms with Crippen molar-refractivity contribution >= 4 is 23.2 Å². The zero-order chi connectivity index (χ0) is 12.4. The lowest BCUT2D eigenvalue weighted by Crippen LogP contribution is -2.14. The molecule has 2 N–H and O–H groups in total. The predicted octanol–water partition coefficient (Wildman–Crippen LogP) is 3.74. The molecule has 0 saturated carbocycles. The van der Waals surface area contributed by atoms with Crippen LogP contribution in [0.3, 0.4) is 0 Å². The van der Waals surface area contributed by atoms with Crippen molar-refractivity contribution in [2.24, 2.45) is 5.73 Å². The lowest BCUT2D eigenvalue weighted by Gasteiger charge is -2.16. The highest BCUT2D eigenvalue weighted by atomic mass is 35.5. The summed E-state index contributed by atoms with van der Waals surface area (Å²) in [5, 5.41) is 1.24. The number of benzene rings is 1. The molecule has 1 aromatic carbocycles. The van der Waals surface area contributed by atoms with Crippen molar-refractivity contribution in [3.05, 3.63) is 63.4 Å². The van der Waals surface area contributed by atoms with Crippen LogP contribution in [0.4, 0.5) is 0 Å². The van der Waals surface area contributed by atoms with E-state index in [1.165, 1.54) is 0 Å². The number of hydrogen-bond acceptors (Lipinski definition) is 2. The number of nitrogens with two attached hydrogens (primary N) is 1. The molecule has 88 valence electrons. The summed E-state index contributed by atoms with van der Waals surface area (Å²) in [7, 11) is 0. The van der Waals surface area contributed by atoms with Gasteiger partial charge in [-0.25, -0.2) is 0 Å². The van der Waals surface area contributed by atoms with Gasteiger partial charge in [-0.3, -0.25) is 4.98 Å². The number of hydrogen-bond donors (Lipinski definition) is 1. The van der Waals surface area contributed by atoms with Gasteiger partial charge in [-0.15, -0.1) is 0 Å². The molecule has 0 aliphatic rings. The van der Waals surface area contributed by atoms with Crippen molar-refractivity contribution in [2.45, 2.75) is 13.0 Å². The molecule has 4 heteroatoms. The summed E-state index contributed by atoms with van der Waals surface area (Å²) in [5.41, 5.74) is 9.06. The van der Waals surface area contributed by atoms with Crippen LogP contribution in [0.2, 0.25) is 10.0 Å². The smallest absolute Gasteiger partial charge is 0.0584 e. The van der Waals surface area contributed by atoms with Crippen molar-refractivity contribution in [1.82, 2.24) is 4.98 Å². The van der Waals surface area contributed by atoms with E-state index in [1.807, 2.05) is 13.0 Å². The third kappa shape index (κ3) is 2.60. The Morgan fingerprint density at radius 3 is 2.65 bits per heavy atom. The SMILES string of the molecule is Cc1ccncc1C(N)c1cc(Cl)ccc1Cl. The first-order valence-electron chi connectivity index (χ1n) is 5.20. The fourth-order valence-corrected chi connectivity index (χ4v) is 2.14. The molecule has 2 nitrogen and oxygen atoms in total. The van der Waals surface area contributed by atoms with Gasteiger partial charge >= 0.3 is 0 Å². The molecule has 1 atom stereocenters. The summed E-state index contributed by atoms with van der Waals surface area (Å²) in [6.45, 7) is 2.00. The quantitative estimate of drug-likeness (QED) is 0.900. The Morgan fingerprint density at radius 2 is 1.94 bits per heavy atom. The van der Waals surface area contributed by atoms with Crippen LogP contribution in [-0.4, -0.2) is 4.98 Å². The third-order valence-corrected chi connectivity index (χ3v) is 3.29. The van der Waals surface area contributed by atoms with Crippen LogP contribution in [0.5, 0.6) is 0 Å². The van der Waals surface area contributed by atoms with E-state index < -0.39 is 0 Å². The molecule has 17 heavy (non-hydrogen) atoms. The van der Waals surface area contributed by atoms with Gasteiger partial charge in [0.2, 0.25) is 0 Å². The van der Waals surface area contributed by atoms with Crippen LogP contribution >= 0.6 is 23.2 Å². The molecular formula is C13H12Cl2N2. The van der Waals surface area contributed by atoms with Gasteiger partial charge in [-0.1, -0.05) is 23.2 Å². The fraction of sp³-hybridized carbons (Fsp3) is 0.154. The van der Waals surface area contributed by atoms with Crippen LogP contribution < -0.4 is 5.73 Å². The minimum absolute atomic E-state index is 0.310. The van der Waals surface area contributed by atoms with Crippen molar-refractivity contribution in [2.75, 3.05) is 0 Å². The Labute approximate surface area is 110 Å². The summed E-state index contributed by atoms with van der Waals surface area (Å²) in [5.74, 6) is 0. The summed E-state index contributed by atoms with van der Waals surface area (Å²) >= 11 is 12.1. The molecule has 1 unspecified atom stereocenters. The standard InChI is InChI=1S/C13H12Cl2N2/c1-8-4-5-17-7-11(8)13(16)10-6-9(14)2-3-12(10)15/h2-7,13H,16H2,1H3. The van der Waals surface area contributed by atoms with Gasteiger partial charge in [0.05, 0.1) is 6.04 Å². The van der Waals surface area contributed by atoms with Crippen LogP contribution in [0.15, 0.2) is 36.7 Å². The van der Waals surface area contributed by atoms with Gasteiger partial charge in [-0.2, -0.15) is 0 Å². The molecule has 1 aromatic heterocycles. The molecule has 0 bridgehead atoms. The van der Waals surface area contributed by atoms with Crippen molar-refractivity contribution in [1.29, 1.82) is 0 Å². The Bertz CT molecular complexity index is 541. The number of rotatable bonds is 2. The van der Waals surface area contributed by atoms with Crippen molar-refractivity contribution in [3.8, 4) is 0 Å². The van der Waals surface area contributed by atoms with Crippen LogP contribution in [-0.2, 0) is 0 Å². The number of nitrogens with zero attached hydrogens (tertiary/aromatic N) is 1. The Kier molecular flexibility index (Phi) is 3.67. The van der Waals surface area contributed by atoms with Crippen molar-refractivity contribution in [3.63, 3.8) is 0 Å². The van der Waals surface area contributed by atoms with E-state index in [0.717, 1.165) is 16.7 Å². The molecule has 0 spiro atoms. The van der Waals surface area contributed by atoms with Gasteiger partial charge in [0.1, 0.15) is 0 Å². The lowest BCUT2D eigenvalue weighted by molar-refractivity contribution is 0.853. The second-order valence-corrected chi connectivity index (χ2v) is 4.72. The zero-order valence-corrected chi connectivity index (χ0v) is 10.8. The maximum absolute atomic E-state index is 6.20. The monoisotopic (exact) mass is 266 g/mol. The number of pyridine rings is 1. The minimum Gasteiger partial charge on any atom is -0.320 e. The first-order chi connectivity index (χ1) is 8.09. The maximum atomic E-state index is 6.20. The molecule has 0 aliphatic heterocycles. The largest absolute Gasteiger partial charge is 0.320 e. The van der Waals surface area contributed by atoms with E-state index in [-0.39, 0.29) is 6.04 Å². The average molecular weight is 267 g/mol. The summed E-state index contributed by atoms with van der Waals surface area (Å²) in [6, 6.07) is 6.91. The molecule has 1 heterocycles. The highest BCUT2D eigenvalue weighted by Gasteiger charge is 2.15. The number of aryl methyl sites for hydroxylation is 1. The van der Waals surface area contributed by atoms with Gasteiger partial charge in [0.25, 0.3) is 0 Å². The number of aromatic nitrogens is 1. The van der Waals surface area contributed by atoms with Gasteiger partial charge in [0, 0.05) is 22.4 Å². The van der Waals surface area contributed by atoms with E-state index in [0.29, 0.717) is 10.0 Å². The molecule has 0 radical (unpaired) electrons. The second-order valence-electron chi connectivity index (χ2n) is 3.88. The van der Waals surface area contributed by atoms with Gasteiger partial charge in [0.15, 0.2) is 0 Å².